The van der Waals surface area contributed by atoms with Gasteiger partial charge in [0, 0.05) is 5.56 Å². The fourth-order valence-corrected chi connectivity index (χ4v) is 3.83. The lowest BCUT2D eigenvalue weighted by Crippen LogP contribution is -2.14. The zero-order valence-electron chi connectivity index (χ0n) is 15.7. The van der Waals surface area contributed by atoms with E-state index in [1.165, 1.54) is 39.8 Å². The molecule has 0 aliphatic heterocycles. The van der Waals surface area contributed by atoms with Crippen LogP contribution >= 0.6 is 23.1 Å². The Hall–Kier alpha value is -2.32. The number of thioether (sulfide) groups is 1. The van der Waals surface area contributed by atoms with Gasteiger partial charge >= 0.3 is 0 Å². The first-order chi connectivity index (χ1) is 13.0. The van der Waals surface area contributed by atoms with Crippen molar-refractivity contribution in [2.45, 2.75) is 39.1 Å². The maximum Gasteiger partial charge on any atom is 0.236 e. The van der Waals surface area contributed by atoms with Crippen molar-refractivity contribution in [2.75, 3.05) is 11.1 Å². The maximum absolute atomic E-state index is 12.0. The second-order valence-corrected chi connectivity index (χ2v) is 8.26. The van der Waals surface area contributed by atoms with Crippen LogP contribution in [0.2, 0.25) is 0 Å². The monoisotopic (exact) mass is 399 g/mol. The number of carbonyl (C=O) groups excluding carboxylic acids is 1. The van der Waals surface area contributed by atoms with E-state index < -0.39 is 0 Å². The normalized spacial score (nSPS) is 10.8. The van der Waals surface area contributed by atoms with Crippen molar-refractivity contribution < 1.29 is 4.79 Å². The van der Waals surface area contributed by atoms with Gasteiger partial charge < -0.3 is 0 Å². The molecule has 0 radical (unpaired) electrons. The standard InChI is InChI=1S/C19H21N5OS2/c1-5-17-22-24-19(27-17)20-16(25)10-26-18-7-6-15(21-23-18)14-9-12(3)11(2)8-13(14)4/h6-9H,5,10H2,1-4H3,(H,20,24,25). The summed E-state index contributed by atoms with van der Waals surface area (Å²) in [5.74, 6) is 0.118. The Bertz CT molecular complexity index is 953. The van der Waals surface area contributed by atoms with E-state index in [0.29, 0.717) is 10.2 Å². The van der Waals surface area contributed by atoms with Crippen LogP contribution in [0.15, 0.2) is 29.3 Å². The van der Waals surface area contributed by atoms with E-state index in [1.54, 1.807) is 0 Å². The fraction of sp³-hybridized carbons (Fsp3) is 0.316. The first-order valence-electron chi connectivity index (χ1n) is 8.63. The van der Waals surface area contributed by atoms with E-state index in [4.69, 9.17) is 0 Å². The van der Waals surface area contributed by atoms with Crippen molar-refractivity contribution in [1.29, 1.82) is 0 Å². The van der Waals surface area contributed by atoms with Crippen molar-refractivity contribution in [3.05, 3.63) is 46.0 Å². The molecule has 3 aromatic rings. The summed E-state index contributed by atoms with van der Waals surface area (Å²) in [5, 5.41) is 21.4. The highest BCUT2D eigenvalue weighted by atomic mass is 32.2. The topological polar surface area (TPSA) is 80.7 Å². The summed E-state index contributed by atoms with van der Waals surface area (Å²) in [6.07, 6.45) is 0.810. The summed E-state index contributed by atoms with van der Waals surface area (Å²) in [6.45, 7) is 8.28. The molecule has 8 heteroatoms. The summed E-state index contributed by atoms with van der Waals surface area (Å²) in [5.41, 5.74) is 5.60. The Balaban J connectivity index is 1.61. The van der Waals surface area contributed by atoms with Gasteiger partial charge in [0.2, 0.25) is 11.0 Å². The molecule has 0 atom stereocenters. The molecule has 0 aliphatic carbocycles. The molecule has 27 heavy (non-hydrogen) atoms. The van der Waals surface area contributed by atoms with E-state index in [9.17, 15) is 4.79 Å². The molecule has 1 N–H and O–H groups in total. The van der Waals surface area contributed by atoms with Crippen LogP contribution in [0.4, 0.5) is 5.13 Å². The molecule has 1 amide bonds. The van der Waals surface area contributed by atoms with E-state index in [2.05, 4.69) is 58.6 Å². The second kappa shape index (κ2) is 8.58. The third-order valence-corrected chi connectivity index (χ3v) is 6.03. The lowest BCUT2D eigenvalue weighted by molar-refractivity contribution is -0.113. The second-order valence-electron chi connectivity index (χ2n) is 6.20. The molecule has 0 aliphatic rings. The van der Waals surface area contributed by atoms with E-state index in [1.807, 2.05) is 19.1 Å². The van der Waals surface area contributed by atoms with Gasteiger partial charge in [0.1, 0.15) is 10.0 Å². The molecule has 0 saturated carbocycles. The molecule has 0 bridgehead atoms. The summed E-state index contributed by atoms with van der Waals surface area (Å²) in [7, 11) is 0. The average molecular weight is 400 g/mol. The Morgan fingerprint density at radius 2 is 1.81 bits per heavy atom. The van der Waals surface area contributed by atoms with Crippen LogP contribution in [-0.2, 0) is 11.2 Å². The van der Waals surface area contributed by atoms with Crippen LogP contribution in [0.3, 0.4) is 0 Å². The van der Waals surface area contributed by atoms with Crippen LogP contribution < -0.4 is 5.32 Å². The summed E-state index contributed by atoms with van der Waals surface area (Å²) >= 11 is 2.74. The van der Waals surface area contributed by atoms with Crippen LogP contribution in [0.5, 0.6) is 0 Å². The first-order valence-corrected chi connectivity index (χ1v) is 10.4. The van der Waals surface area contributed by atoms with Crippen molar-refractivity contribution in [3.63, 3.8) is 0 Å². The lowest BCUT2D eigenvalue weighted by atomic mass is 9.99. The number of nitrogens with one attached hydrogen (secondary N) is 1. The molecule has 6 nitrogen and oxygen atoms in total. The van der Waals surface area contributed by atoms with Gasteiger partial charge in [-0.1, -0.05) is 36.1 Å². The fourth-order valence-electron chi connectivity index (χ4n) is 2.52. The zero-order chi connectivity index (χ0) is 19.4. The lowest BCUT2D eigenvalue weighted by Gasteiger charge is -2.09. The number of hydrogen-bond acceptors (Lipinski definition) is 7. The largest absolute Gasteiger partial charge is 0.300 e. The minimum absolute atomic E-state index is 0.130. The number of nitrogens with zero attached hydrogens (tertiary/aromatic N) is 4. The molecular weight excluding hydrogens is 378 g/mol. The minimum atomic E-state index is -0.130. The molecule has 0 spiro atoms. The molecule has 2 heterocycles. The Morgan fingerprint density at radius 3 is 2.48 bits per heavy atom. The maximum atomic E-state index is 12.0. The third kappa shape index (κ3) is 4.90. The van der Waals surface area contributed by atoms with Gasteiger partial charge in [-0.2, -0.15) is 0 Å². The Morgan fingerprint density at radius 1 is 1.04 bits per heavy atom. The smallest absolute Gasteiger partial charge is 0.236 e. The van der Waals surface area contributed by atoms with Gasteiger partial charge in [0.15, 0.2) is 0 Å². The van der Waals surface area contributed by atoms with Gasteiger partial charge in [-0.05, 0) is 62.1 Å². The molecule has 3 rings (SSSR count). The highest BCUT2D eigenvalue weighted by Crippen LogP contribution is 2.26. The number of benzene rings is 1. The number of aromatic nitrogens is 4. The van der Waals surface area contributed by atoms with Gasteiger partial charge in [-0.15, -0.1) is 20.4 Å². The Kier molecular flexibility index (Phi) is 6.18. The summed E-state index contributed by atoms with van der Waals surface area (Å²) < 4.78 is 0. The molecule has 0 fully saturated rings. The minimum Gasteiger partial charge on any atom is -0.300 e. The summed E-state index contributed by atoms with van der Waals surface area (Å²) in [4.78, 5) is 12.0. The van der Waals surface area contributed by atoms with Gasteiger partial charge in [0.25, 0.3) is 0 Å². The molecule has 0 unspecified atom stereocenters. The highest BCUT2D eigenvalue weighted by molar-refractivity contribution is 7.99. The van der Waals surface area contributed by atoms with Gasteiger partial charge in [0.05, 0.1) is 11.4 Å². The number of carbonyl (C=O) groups is 1. The zero-order valence-corrected chi connectivity index (χ0v) is 17.4. The van der Waals surface area contributed by atoms with Crippen molar-refractivity contribution in [3.8, 4) is 11.3 Å². The SMILES string of the molecule is CCc1nnc(NC(=O)CSc2ccc(-c3cc(C)c(C)cc3C)nn2)s1. The molecule has 1 aromatic carbocycles. The summed E-state index contributed by atoms with van der Waals surface area (Å²) in [6, 6.07) is 8.15. The predicted octanol–water partition coefficient (Wildman–Crippen LogP) is 4.21. The van der Waals surface area contributed by atoms with Crippen LogP contribution in [0, 0.1) is 20.8 Å². The van der Waals surface area contributed by atoms with Crippen molar-refractivity contribution in [2.24, 2.45) is 0 Å². The highest BCUT2D eigenvalue weighted by Gasteiger charge is 2.10. The Labute approximate surface area is 166 Å². The molecule has 140 valence electrons. The van der Waals surface area contributed by atoms with Crippen molar-refractivity contribution >= 4 is 34.1 Å². The van der Waals surface area contributed by atoms with Crippen LogP contribution in [0.1, 0.15) is 28.6 Å². The predicted molar refractivity (Wildman–Crippen MR) is 110 cm³/mol. The van der Waals surface area contributed by atoms with Gasteiger partial charge in [-0.3, -0.25) is 10.1 Å². The molecule has 0 saturated heterocycles. The van der Waals surface area contributed by atoms with Crippen LogP contribution in [-0.4, -0.2) is 32.1 Å². The van der Waals surface area contributed by atoms with Crippen molar-refractivity contribution in [1.82, 2.24) is 20.4 Å². The average Bonchev–Trinajstić information content (AvgIpc) is 3.11. The quantitative estimate of drug-likeness (QED) is 0.625. The third-order valence-electron chi connectivity index (χ3n) is 4.12. The number of hydrogen-bond donors (Lipinski definition) is 1. The van der Waals surface area contributed by atoms with Crippen LogP contribution in [0.25, 0.3) is 11.3 Å². The number of rotatable bonds is 6. The van der Waals surface area contributed by atoms with E-state index >= 15 is 0 Å². The van der Waals surface area contributed by atoms with E-state index in [-0.39, 0.29) is 11.7 Å². The molecular formula is C19H21N5OS2. The van der Waals surface area contributed by atoms with E-state index in [0.717, 1.165) is 22.7 Å². The van der Waals surface area contributed by atoms with Gasteiger partial charge in [-0.25, -0.2) is 0 Å². The number of anilines is 1. The number of amides is 1. The molecule has 2 aromatic heterocycles. The first kappa shape index (κ1) is 19.4. The number of aryl methyl sites for hydroxylation is 4.